The molecule has 182 valence electrons. The predicted molar refractivity (Wildman–Crippen MR) is 133 cm³/mol. The molecule has 2 N–H and O–H groups in total. The molecule has 2 aliphatic rings. The third-order valence-electron chi connectivity index (χ3n) is 6.38. The molecule has 8 nitrogen and oxygen atoms in total. The molecule has 2 heterocycles. The van der Waals surface area contributed by atoms with Crippen molar-refractivity contribution in [2.45, 2.75) is 25.4 Å². The Bertz CT molecular complexity index is 934. The summed E-state index contributed by atoms with van der Waals surface area (Å²) in [6.07, 6.45) is 2.21. The van der Waals surface area contributed by atoms with Crippen molar-refractivity contribution in [1.29, 1.82) is 0 Å². The summed E-state index contributed by atoms with van der Waals surface area (Å²) in [6.45, 7) is 6.25. The molecule has 1 atom stereocenters. The number of ether oxygens (including phenoxy) is 2. The number of amides is 2. The summed E-state index contributed by atoms with van der Waals surface area (Å²) in [5, 5.41) is 5.84. The van der Waals surface area contributed by atoms with Gasteiger partial charge in [0.05, 0.1) is 7.11 Å². The van der Waals surface area contributed by atoms with Crippen LogP contribution in [0.3, 0.4) is 0 Å². The number of rotatable bonds is 9. The lowest BCUT2D eigenvalue weighted by Gasteiger charge is -2.36. The van der Waals surface area contributed by atoms with Crippen molar-refractivity contribution < 1.29 is 19.1 Å². The molecule has 0 spiro atoms. The maximum absolute atomic E-state index is 12.4. The van der Waals surface area contributed by atoms with E-state index in [0.717, 1.165) is 57.7 Å². The monoisotopic (exact) mass is 466 g/mol. The van der Waals surface area contributed by atoms with E-state index < -0.39 is 0 Å². The lowest BCUT2D eigenvalue weighted by molar-refractivity contribution is -0.124. The minimum atomic E-state index is -0.367. The van der Waals surface area contributed by atoms with E-state index in [2.05, 4.69) is 32.6 Å². The zero-order valence-corrected chi connectivity index (χ0v) is 19.8. The first-order chi connectivity index (χ1) is 16.6. The van der Waals surface area contributed by atoms with Gasteiger partial charge in [0.1, 0.15) is 11.9 Å². The number of anilines is 2. The summed E-state index contributed by atoms with van der Waals surface area (Å²) in [6, 6.07) is 15.2. The number of hydrogen-bond acceptors (Lipinski definition) is 6. The molecular weight excluding hydrogens is 432 g/mol. The van der Waals surface area contributed by atoms with Crippen molar-refractivity contribution in [3.63, 3.8) is 0 Å². The first-order valence-electron chi connectivity index (χ1n) is 12.0. The molecule has 4 rings (SSSR count). The van der Waals surface area contributed by atoms with E-state index in [1.807, 2.05) is 12.1 Å². The van der Waals surface area contributed by atoms with Crippen molar-refractivity contribution in [1.82, 2.24) is 10.2 Å². The molecule has 2 amide bonds. The minimum Gasteiger partial charge on any atom is -0.497 e. The van der Waals surface area contributed by atoms with Gasteiger partial charge in [-0.2, -0.15) is 0 Å². The van der Waals surface area contributed by atoms with Crippen molar-refractivity contribution in [2.75, 3.05) is 63.2 Å². The highest BCUT2D eigenvalue weighted by Gasteiger charge is 2.23. The second kappa shape index (κ2) is 11.9. The summed E-state index contributed by atoms with van der Waals surface area (Å²) in [4.78, 5) is 29.4. The van der Waals surface area contributed by atoms with Gasteiger partial charge in [-0.25, -0.2) is 0 Å². The standard InChI is InChI=1S/C26H34N4O4/c1-33-23-11-9-22(10-12-23)30-17-15-29(16-18-30)14-3-13-27-25(31)20-5-7-21(8-6-20)28-26(32)24-4-2-19-34-24/h5-12,24H,2-4,13-19H2,1H3,(H,27,31)(H,28,32)/t24-/m0/s1. The number of hydrogen-bond donors (Lipinski definition) is 2. The molecule has 2 fully saturated rings. The van der Waals surface area contributed by atoms with Gasteiger partial charge in [-0.1, -0.05) is 0 Å². The van der Waals surface area contributed by atoms with Gasteiger partial charge in [-0.05, 0) is 74.3 Å². The first kappa shape index (κ1) is 24.0. The molecule has 0 aliphatic carbocycles. The number of methoxy groups -OCH3 is 1. The van der Waals surface area contributed by atoms with Crippen LogP contribution in [-0.4, -0.2) is 75.8 Å². The highest BCUT2D eigenvalue weighted by molar-refractivity contribution is 5.96. The Morgan fingerprint density at radius 2 is 1.76 bits per heavy atom. The molecule has 0 saturated carbocycles. The average molecular weight is 467 g/mol. The lowest BCUT2D eigenvalue weighted by atomic mass is 10.1. The van der Waals surface area contributed by atoms with E-state index in [1.54, 1.807) is 31.4 Å². The Labute approximate surface area is 201 Å². The van der Waals surface area contributed by atoms with Crippen LogP contribution < -0.4 is 20.3 Å². The maximum atomic E-state index is 12.4. The van der Waals surface area contributed by atoms with Gasteiger partial charge in [0, 0.05) is 56.3 Å². The second-order valence-corrected chi connectivity index (χ2v) is 8.70. The minimum absolute atomic E-state index is 0.0960. The Morgan fingerprint density at radius 1 is 1.03 bits per heavy atom. The highest BCUT2D eigenvalue weighted by atomic mass is 16.5. The molecular formula is C26H34N4O4. The van der Waals surface area contributed by atoms with E-state index in [0.29, 0.717) is 24.4 Å². The van der Waals surface area contributed by atoms with Crippen LogP contribution >= 0.6 is 0 Å². The lowest BCUT2D eigenvalue weighted by Crippen LogP contribution is -2.47. The normalized spacial score (nSPS) is 18.5. The van der Waals surface area contributed by atoms with Crippen LogP contribution in [0.5, 0.6) is 5.75 Å². The van der Waals surface area contributed by atoms with E-state index in [9.17, 15) is 9.59 Å². The van der Waals surface area contributed by atoms with Gasteiger partial charge in [-0.3, -0.25) is 14.5 Å². The molecule has 0 aromatic heterocycles. The average Bonchev–Trinajstić information content (AvgIpc) is 3.43. The van der Waals surface area contributed by atoms with Gasteiger partial charge < -0.3 is 25.0 Å². The zero-order chi connectivity index (χ0) is 23.8. The second-order valence-electron chi connectivity index (χ2n) is 8.70. The Kier molecular flexibility index (Phi) is 8.38. The largest absolute Gasteiger partial charge is 0.497 e. The van der Waals surface area contributed by atoms with Crippen LogP contribution in [0, 0.1) is 0 Å². The molecule has 0 bridgehead atoms. The summed E-state index contributed by atoms with van der Waals surface area (Å²) in [7, 11) is 1.68. The van der Waals surface area contributed by atoms with Crippen LogP contribution in [0.4, 0.5) is 11.4 Å². The number of nitrogens with one attached hydrogen (secondary N) is 2. The third-order valence-corrected chi connectivity index (χ3v) is 6.38. The van der Waals surface area contributed by atoms with Crippen molar-refractivity contribution in [3.05, 3.63) is 54.1 Å². The van der Waals surface area contributed by atoms with Crippen LogP contribution in [0.1, 0.15) is 29.6 Å². The molecule has 8 heteroatoms. The van der Waals surface area contributed by atoms with Gasteiger partial charge in [0.2, 0.25) is 0 Å². The summed E-state index contributed by atoms with van der Waals surface area (Å²) < 4.78 is 10.6. The van der Waals surface area contributed by atoms with Crippen LogP contribution in [-0.2, 0) is 9.53 Å². The molecule has 34 heavy (non-hydrogen) atoms. The van der Waals surface area contributed by atoms with E-state index in [-0.39, 0.29) is 17.9 Å². The SMILES string of the molecule is COc1ccc(N2CCN(CCCNC(=O)c3ccc(NC(=O)[C@@H]4CCCO4)cc3)CC2)cc1. The molecule has 2 saturated heterocycles. The van der Waals surface area contributed by atoms with Crippen LogP contribution in [0.25, 0.3) is 0 Å². The summed E-state index contributed by atoms with van der Waals surface area (Å²) >= 11 is 0. The van der Waals surface area contributed by atoms with Crippen molar-refractivity contribution in [2.24, 2.45) is 0 Å². The smallest absolute Gasteiger partial charge is 0.253 e. The fraction of sp³-hybridized carbons (Fsp3) is 0.462. The molecule has 0 radical (unpaired) electrons. The topological polar surface area (TPSA) is 83.1 Å². The van der Waals surface area contributed by atoms with Gasteiger partial charge in [0.25, 0.3) is 11.8 Å². The predicted octanol–water partition coefficient (Wildman–Crippen LogP) is 2.75. The quantitative estimate of drug-likeness (QED) is 0.553. The molecule has 2 aromatic rings. The van der Waals surface area contributed by atoms with Gasteiger partial charge in [-0.15, -0.1) is 0 Å². The van der Waals surface area contributed by atoms with E-state index in [1.165, 1.54) is 5.69 Å². The van der Waals surface area contributed by atoms with Crippen LogP contribution in [0.15, 0.2) is 48.5 Å². The Balaban J connectivity index is 1.12. The van der Waals surface area contributed by atoms with E-state index in [4.69, 9.17) is 9.47 Å². The first-order valence-corrected chi connectivity index (χ1v) is 12.0. The Morgan fingerprint density at radius 3 is 2.41 bits per heavy atom. The number of carbonyl (C=O) groups excluding carboxylic acids is 2. The number of nitrogens with zero attached hydrogens (tertiary/aromatic N) is 2. The summed E-state index contributed by atoms with van der Waals surface area (Å²) in [5.41, 5.74) is 2.49. The number of carbonyl (C=O) groups is 2. The molecule has 0 unspecified atom stereocenters. The third kappa shape index (κ3) is 6.48. The summed E-state index contributed by atoms with van der Waals surface area (Å²) in [5.74, 6) is 0.655. The number of piperazine rings is 1. The highest BCUT2D eigenvalue weighted by Crippen LogP contribution is 2.20. The van der Waals surface area contributed by atoms with Crippen molar-refractivity contribution in [3.8, 4) is 5.75 Å². The van der Waals surface area contributed by atoms with Gasteiger partial charge >= 0.3 is 0 Å². The fourth-order valence-electron chi connectivity index (χ4n) is 4.34. The maximum Gasteiger partial charge on any atom is 0.253 e. The zero-order valence-electron chi connectivity index (χ0n) is 19.8. The Hall–Kier alpha value is -3.10. The molecule has 2 aromatic carbocycles. The van der Waals surface area contributed by atoms with E-state index >= 15 is 0 Å². The fourth-order valence-corrected chi connectivity index (χ4v) is 4.34. The van der Waals surface area contributed by atoms with Crippen LogP contribution in [0.2, 0.25) is 0 Å². The van der Waals surface area contributed by atoms with Gasteiger partial charge in [0.15, 0.2) is 0 Å². The number of benzene rings is 2. The molecule has 2 aliphatic heterocycles. The van der Waals surface area contributed by atoms with Crippen molar-refractivity contribution >= 4 is 23.2 Å².